The second-order valence-electron chi connectivity index (χ2n) is 3.38. The van der Waals surface area contributed by atoms with Crippen LogP contribution < -0.4 is 0 Å². The molecule has 0 bridgehead atoms. The largest absolute Gasteiger partial charge is 0.460 e. The van der Waals surface area contributed by atoms with Gasteiger partial charge in [-0.1, -0.05) is 19.6 Å². The molecule has 0 heterocycles. The number of hydrogen-bond acceptors (Lipinski definition) is 3. The molecule has 0 unspecified atom stereocenters. The summed E-state index contributed by atoms with van der Waals surface area (Å²) in [6.45, 7) is 5.55. The molecule has 0 amide bonds. The minimum absolute atomic E-state index is 0.194. The third kappa shape index (κ3) is 7.40. The molecular formula is C11H19ClO3. The van der Waals surface area contributed by atoms with Gasteiger partial charge in [0.1, 0.15) is 12.0 Å². The van der Waals surface area contributed by atoms with Gasteiger partial charge < -0.3 is 9.84 Å². The van der Waals surface area contributed by atoms with Crippen molar-refractivity contribution in [3.63, 3.8) is 0 Å². The van der Waals surface area contributed by atoms with Crippen molar-refractivity contribution in [3.05, 3.63) is 12.7 Å². The summed E-state index contributed by atoms with van der Waals surface area (Å²) in [6, 6.07) is 0. The van der Waals surface area contributed by atoms with Gasteiger partial charge in [0.05, 0.1) is 6.10 Å². The van der Waals surface area contributed by atoms with Crippen molar-refractivity contribution in [2.24, 2.45) is 0 Å². The molecule has 88 valence electrons. The predicted octanol–water partition coefficient (Wildman–Crippen LogP) is 2.26. The van der Waals surface area contributed by atoms with E-state index < -0.39 is 11.3 Å². The molecule has 0 aromatic heterocycles. The first-order valence-corrected chi connectivity index (χ1v) is 5.65. The van der Waals surface area contributed by atoms with Crippen LogP contribution in [0.25, 0.3) is 0 Å². The van der Waals surface area contributed by atoms with Crippen LogP contribution in [-0.2, 0) is 9.53 Å². The fourth-order valence-corrected chi connectivity index (χ4v) is 1.30. The minimum atomic E-state index is -0.617. The van der Waals surface area contributed by atoms with Gasteiger partial charge in [-0.05, 0) is 25.7 Å². The summed E-state index contributed by atoms with van der Waals surface area (Å²) in [5, 5.41) is 8.66. The smallest absolute Gasteiger partial charge is 0.324 e. The third-order valence-corrected chi connectivity index (χ3v) is 2.46. The van der Waals surface area contributed by atoms with Gasteiger partial charge in [-0.2, -0.15) is 0 Å². The second-order valence-corrected chi connectivity index (χ2v) is 3.91. The molecular weight excluding hydrogens is 216 g/mol. The van der Waals surface area contributed by atoms with E-state index in [9.17, 15) is 9.90 Å². The number of alkyl halides is 1. The standard InChI is InChI=1S/C11H19ClO3/c1-3-8-15-11(14)10(12)7-5-6-9(13)4-2/h3,9-10,13H,1,4-8H2,2H3/t9-,10+/m1/s1. The molecule has 0 radical (unpaired) electrons. The molecule has 0 saturated heterocycles. The number of aliphatic hydroxyl groups excluding tert-OH is 1. The molecule has 4 heteroatoms. The van der Waals surface area contributed by atoms with Crippen LogP contribution in [0.15, 0.2) is 12.7 Å². The van der Waals surface area contributed by atoms with Crippen molar-refractivity contribution in [2.75, 3.05) is 6.61 Å². The van der Waals surface area contributed by atoms with E-state index >= 15 is 0 Å². The van der Waals surface area contributed by atoms with Gasteiger partial charge in [-0.3, -0.25) is 4.79 Å². The highest BCUT2D eigenvalue weighted by Crippen LogP contribution is 2.12. The van der Waals surface area contributed by atoms with Gasteiger partial charge in [0, 0.05) is 0 Å². The second kappa shape index (κ2) is 8.74. The molecule has 0 aromatic rings. The molecule has 0 aliphatic rings. The first kappa shape index (κ1) is 14.5. The number of ether oxygens (including phenoxy) is 1. The summed E-state index contributed by atoms with van der Waals surface area (Å²) in [7, 11) is 0. The van der Waals surface area contributed by atoms with E-state index in [1.165, 1.54) is 6.08 Å². The Kier molecular flexibility index (Phi) is 8.43. The number of rotatable bonds is 8. The lowest BCUT2D eigenvalue weighted by atomic mass is 10.1. The lowest BCUT2D eigenvalue weighted by Gasteiger charge is -2.10. The van der Waals surface area contributed by atoms with E-state index in [4.69, 9.17) is 16.3 Å². The zero-order valence-electron chi connectivity index (χ0n) is 9.12. The number of hydrogen-bond donors (Lipinski definition) is 1. The van der Waals surface area contributed by atoms with Crippen LogP contribution in [0.2, 0.25) is 0 Å². The summed E-state index contributed by atoms with van der Waals surface area (Å²) in [5.41, 5.74) is 0. The molecule has 0 aromatic carbocycles. The Hall–Kier alpha value is -0.540. The average Bonchev–Trinajstić information content (AvgIpc) is 2.25. The maximum absolute atomic E-state index is 11.2. The Balaban J connectivity index is 3.59. The normalized spacial score (nSPS) is 14.3. The minimum Gasteiger partial charge on any atom is -0.460 e. The first-order valence-electron chi connectivity index (χ1n) is 5.21. The van der Waals surface area contributed by atoms with Gasteiger partial charge in [0.15, 0.2) is 0 Å². The van der Waals surface area contributed by atoms with Crippen molar-refractivity contribution < 1.29 is 14.6 Å². The van der Waals surface area contributed by atoms with E-state index in [2.05, 4.69) is 6.58 Å². The Morgan fingerprint density at radius 1 is 1.60 bits per heavy atom. The molecule has 0 aliphatic carbocycles. The molecule has 0 spiro atoms. The van der Waals surface area contributed by atoms with E-state index in [0.29, 0.717) is 12.8 Å². The van der Waals surface area contributed by atoms with Crippen LogP contribution >= 0.6 is 11.6 Å². The van der Waals surface area contributed by atoms with E-state index in [1.54, 1.807) is 0 Å². The van der Waals surface area contributed by atoms with Gasteiger partial charge in [0.25, 0.3) is 0 Å². The van der Waals surface area contributed by atoms with Crippen LogP contribution in [0.4, 0.5) is 0 Å². The monoisotopic (exact) mass is 234 g/mol. The molecule has 0 saturated carbocycles. The Labute approximate surface area is 96.1 Å². The third-order valence-electron chi connectivity index (χ3n) is 2.07. The van der Waals surface area contributed by atoms with Crippen molar-refractivity contribution in [1.29, 1.82) is 0 Å². The number of aliphatic hydroxyl groups is 1. The van der Waals surface area contributed by atoms with Crippen LogP contribution in [0.3, 0.4) is 0 Å². The Bertz CT molecular complexity index is 194. The number of esters is 1. The molecule has 3 nitrogen and oxygen atoms in total. The summed E-state index contributed by atoms with van der Waals surface area (Å²) in [6.07, 6.45) is 3.88. The van der Waals surface area contributed by atoms with E-state index in [-0.39, 0.29) is 12.7 Å². The van der Waals surface area contributed by atoms with Crippen molar-refractivity contribution >= 4 is 17.6 Å². The van der Waals surface area contributed by atoms with Gasteiger partial charge in [-0.15, -0.1) is 11.6 Å². The summed E-state index contributed by atoms with van der Waals surface area (Å²) < 4.78 is 4.79. The highest BCUT2D eigenvalue weighted by atomic mass is 35.5. The molecule has 1 N–H and O–H groups in total. The molecule has 0 fully saturated rings. The van der Waals surface area contributed by atoms with Crippen molar-refractivity contribution in [1.82, 2.24) is 0 Å². The fourth-order valence-electron chi connectivity index (χ4n) is 1.09. The highest BCUT2D eigenvalue weighted by molar-refractivity contribution is 6.29. The van der Waals surface area contributed by atoms with Gasteiger partial charge in [-0.25, -0.2) is 0 Å². The Morgan fingerprint density at radius 3 is 2.80 bits per heavy atom. The lowest BCUT2D eigenvalue weighted by molar-refractivity contribution is -0.142. The summed E-state index contributed by atoms with van der Waals surface area (Å²) in [4.78, 5) is 11.2. The summed E-state index contributed by atoms with van der Waals surface area (Å²) in [5.74, 6) is -0.414. The number of carbonyl (C=O) groups is 1. The van der Waals surface area contributed by atoms with Crippen LogP contribution in [0, 0.1) is 0 Å². The highest BCUT2D eigenvalue weighted by Gasteiger charge is 2.16. The van der Waals surface area contributed by atoms with Gasteiger partial charge in [0.2, 0.25) is 0 Å². The van der Waals surface area contributed by atoms with E-state index in [0.717, 1.165) is 12.8 Å². The van der Waals surface area contributed by atoms with Crippen molar-refractivity contribution in [2.45, 2.75) is 44.1 Å². The average molecular weight is 235 g/mol. The maximum Gasteiger partial charge on any atom is 0.324 e. The van der Waals surface area contributed by atoms with Crippen LogP contribution in [0.1, 0.15) is 32.6 Å². The summed E-state index contributed by atoms with van der Waals surface area (Å²) >= 11 is 5.80. The van der Waals surface area contributed by atoms with Crippen LogP contribution in [0.5, 0.6) is 0 Å². The first-order chi connectivity index (χ1) is 7.11. The van der Waals surface area contributed by atoms with Crippen LogP contribution in [-0.4, -0.2) is 29.2 Å². The molecule has 0 aliphatic heterocycles. The molecule has 0 rings (SSSR count). The molecule has 2 atom stereocenters. The number of halogens is 1. The van der Waals surface area contributed by atoms with Gasteiger partial charge >= 0.3 is 5.97 Å². The Morgan fingerprint density at radius 2 is 2.27 bits per heavy atom. The maximum atomic E-state index is 11.2. The predicted molar refractivity (Wildman–Crippen MR) is 60.9 cm³/mol. The zero-order valence-corrected chi connectivity index (χ0v) is 9.87. The lowest BCUT2D eigenvalue weighted by Crippen LogP contribution is -2.18. The topological polar surface area (TPSA) is 46.5 Å². The van der Waals surface area contributed by atoms with Crippen molar-refractivity contribution in [3.8, 4) is 0 Å². The van der Waals surface area contributed by atoms with E-state index in [1.807, 2.05) is 6.92 Å². The number of carbonyl (C=O) groups excluding carboxylic acids is 1. The molecule has 15 heavy (non-hydrogen) atoms. The zero-order chi connectivity index (χ0) is 11.7. The fraction of sp³-hybridized carbons (Fsp3) is 0.727. The quantitative estimate of drug-likeness (QED) is 0.398. The SMILES string of the molecule is C=CCOC(=O)[C@@H](Cl)CCC[C@H](O)CC.